The Labute approximate surface area is 306 Å². The third-order valence-electron chi connectivity index (χ3n) is 5.31. The van der Waals surface area contributed by atoms with Crippen LogP contribution in [0.25, 0.3) is 0 Å². The summed E-state index contributed by atoms with van der Waals surface area (Å²) >= 11 is 0. The predicted octanol–water partition coefficient (Wildman–Crippen LogP) is 14.3. The van der Waals surface area contributed by atoms with Crippen LogP contribution < -0.4 is 4.74 Å². The highest BCUT2D eigenvalue weighted by Gasteiger charge is 1.96. The normalized spacial score (nSPS) is 8.82. The summed E-state index contributed by atoms with van der Waals surface area (Å²) in [6.45, 7) is 33.6. The van der Waals surface area contributed by atoms with Crippen molar-refractivity contribution in [2.24, 2.45) is 5.92 Å². The summed E-state index contributed by atoms with van der Waals surface area (Å²) < 4.78 is 10.8. The number of nitrogens with zero attached hydrogens (tertiary/aromatic N) is 2. The molecular formula is C45H78N2O2. The van der Waals surface area contributed by atoms with Gasteiger partial charge in [-0.1, -0.05) is 151 Å². The lowest BCUT2D eigenvalue weighted by Gasteiger charge is -2.07. The first-order valence-corrected chi connectivity index (χ1v) is 18.3. The highest BCUT2D eigenvalue weighted by Crippen LogP contribution is 2.11. The Balaban J connectivity index is -0.000000163. The minimum Gasteiger partial charge on any atom is -0.491 e. The molecule has 0 N–H and O–H groups in total. The van der Waals surface area contributed by atoms with Gasteiger partial charge in [-0.3, -0.25) is 9.97 Å². The fourth-order valence-electron chi connectivity index (χ4n) is 3.36. The molecule has 0 radical (unpaired) electrons. The van der Waals surface area contributed by atoms with Crippen molar-refractivity contribution in [3.05, 3.63) is 126 Å². The number of hydrogen-bond acceptors (Lipinski definition) is 4. The van der Waals surface area contributed by atoms with Crippen LogP contribution in [0, 0.1) is 5.92 Å². The van der Waals surface area contributed by atoms with Crippen LogP contribution in [0.1, 0.15) is 141 Å². The number of pyridine rings is 2. The van der Waals surface area contributed by atoms with Crippen molar-refractivity contribution in [1.29, 1.82) is 0 Å². The van der Waals surface area contributed by atoms with Crippen molar-refractivity contribution < 1.29 is 9.47 Å². The van der Waals surface area contributed by atoms with Crippen LogP contribution >= 0.6 is 0 Å². The van der Waals surface area contributed by atoms with Gasteiger partial charge >= 0.3 is 0 Å². The first-order chi connectivity index (χ1) is 23.2. The lowest BCUT2D eigenvalue weighted by atomic mass is 10.0. The molecule has 0 saturated carbocycles. The number of hydrogen-bond donors (Lipinski definition) is 0. The molecule has 0 aliphatic heterocycles. The third kappa shape index (κ3) is 38.8. The van der Waals surface area contributed by atoms with Gasteiger partial charge in [0, 0.05) is 24.8 Å². The van der Waals surface area contributed by atoms with Crippen LogP contribution in [0.5, 0.6) is 5.75 Å². The molecule has 0 amide bonds. The van der Waals surface area contributed by atoms with Crippen LogP contribution in [0.2, 0.25) is 0 Å². The quantitative estimate of drug-likeness (QED) is 0.186. The van der Waals surface area contributed by atoms with Crippen molar-refractivity contribution in [1.82, 2.24) is 9.97 Å². The van der Waals surface area contributed by atoms with E-state index in [0.29, 0.717) is 12.0 Å². The lowest BCUT2D eigenvalue weighted by Crippen LogP contribution is -2.04. The maximum atomic E-state index is 5.43. The molecule has 49 heavy (non-hydrogen) atoms. The summed E-state index contributed by atoms with van der Waals surface area (Å²) in [7, 11) is 0. The van der Waals surface area contributed by atoms with E-state index < -0.39 is 0 Å². The molecule has 4 rings (SSSR count). The molecule has 280 valence electrons. The molecule has 4 aromatic rings. The molecule has 4 heteroatoms. The highest BCUT2D eigenvalue weighted by atomic mass is 16.5. The average Bonchev–Trinajstić information content (AvgIpc) is 3.13. The molecule has 0 bridgehead atoms. The van der Waals surface area contributed by atoms with Gasteiger partial charge in [-0.05, 0) is 86.9 Å². The topological polar surface area (TPSA) is 44.2 Å². The van der Waals surface area contributed by atoms with Gasteiger partial charge in [0.2, 0.25) is 0 Å². The molecule has 0 spiro atoms. The van der Waals surface area contributed by atoms with Crippen LogP contribution in [0.15, 0.2) is 110 Å². The Morgan fingerprint density at radius 1 is 0.490 bits per heavy atom. The van der Waals surface area contributed by atoms with Gasteiger partial charge in [-0.15, -0.1) is 0 Å². The SMILES string of the molecule is C.CC.CC.CC.CC.CC(C)Cc1ccccc1.CC(C)OCc1ccccc1.CC(C)Oc1ccncc1.CC(C)c1ccncc1. The number of rotatable bonds is 8. The van der Waals surface area contributed by atoms with Crippen molar-refractivity contribution in [2.75, 3.05) is 0 Å². The van der Waals surface area contributed by atoms with E-state index in [1.54, 1.807) is 12.4 Å². The Morgan fingerprint density at radius 3 is 1.20 bits per heavy atom. The van der Waals surface area contributed by atoms with Gasteiger partial charge < -0.3 is 9.47 Å². The standard InChI is InChI=1S/C10H14O.C10H14.C8H11NO.C8H11N.4C2H6.CH4/c1-9(2)11-8-10-6-4-3-5-7-10;1-9(2)8-10-6-4-3-5-7-10;1-7(2)10-8-3-5-9-6-4-8;1-7(2)8-3-5-9-6-4-8;4*1-2;/h3-7,9H,8H2,1-2H3;3-7,9H,8H2,1-2H3;3-7H,1-2H3;3-7H,1-2H3;4*1-2H3;1H4. The van der Waals surface area contributed by atoms with E-state index in [4.69, 9.17) is 9.47 Å². The molecule has 2 aromatic heterocycles. The van der Waals surface area contributed by atoms with Gasteiger partial charge in [0.15, 0.2) is 0 Å². The summed E-state index contributed by atoms with van der Waals surface area (Å²) in [6, 6.07) is 28.6. The van der Waals surface area contributed by atoms with Crippen LogP contribution in [0.3, 0.4) is 0 Å². The minimum atomic E-state index is 0. The molecule has 2 aromatic carbocycles. The van der Waals surface area contributed by atoms with Gasteiger partial charge in [0.05, 0.1) is 18.8 Å². The van der Waals surface area contributed by atoms with Crippen LogP contribution in [0.4, 0.5) is 0 Å². The highest BCUT2D eigenvalue weighted by molar-refractivity contribution is 5.17. The van der Waals surface area contributed by atoms with Crippen molar-refractivity contribution >= 4 is 0 Å². The largest absolute Gasteiger partial charge is 0.491 e. The molecule has 0 atom stereocenters. The Kier molecular flexibility index (Phi) is 47.7. The zero-order chi connectivity index (χ0) is 37.6. The molecule has 0 aliphatic carbocycles. The molecule has 0 fully saturated rings. The molecule has 0 saturated heterocycles. The molecule has 0 unspecified atom stereocenters. The first-order valence-electron chi connectivity index (χ1n) is 18.3. The molecule has 0 aliphatic rings. The second-order valence-electron chi connectivity index (χ2n) is 10.7. The predicted molar refractivity (Wildman–Crippen MR) is 222 cm³/mol. The van der Waals surface area contributed by atoms with E-state index in [9.17, 15) is 0 Å². The van der Waals surface area contributed by atoms with Crippen molar-refractivity contribution in [2.45, 2.75) is 149 Å². The zero-order valence-corrected chi connectivity index (χ0v) is 33.8. The average molecular weight is 679 g/mol. The Hall–Kier alpha value is -3.50. The number of aromatic nitrogens is 2. The van der Waals surface area contributed by atoms with E-state index in [-0.39, 0.29) is 13.5 Å². The summed E-state index contributed by atoms with van der Waals surface area (Å²) in [6.07, 6.45) is 8.85. The monoisotopic (exact) mass is 679 g/mol. The number of benzene rings is 2. The van der Waals surface area contributed by atoms with Crippen LogP contribution in [-0.2, 0) is 17.8 Å². The van der Waals surface area contributed by atoms with E-state index >= 15 is 0 Å². The van der Waals surface area contributed by atoms with Gasteiger partial charge in [0.1, 0.15) is 5.75 Å². The van der Waals surface area contributed by atoms with Crippen molar-refractivity contribution in [3.8, 4) is 5.75 Å². The summed E-state index contributed by atoms with van der Waals surface area (Å²) in [5.74, 6) is 2.26. The number of ether oxygens (including phenoxy) is 2. The third-order valence-corrected chi connectivity index (χ3v) is 5.31. The molecule has 2 heterocycles. The summed E-state index contributed by atoms with van der Waals surface area (Å²) in [5.41, 5.74) is 4.03. The zero-order valence-electron chi connectivity index (χ0n) is 33.8. The second kappa shape index (κ2) is 42.5. The Morgan fingerprint density at radius 2 is 0.878 bits per heavy atom. The summed E-state index contributed by atoms with van der Waals surface area (Å²) in [4.78, 5) is 7.80. The van der Waals surface area contributed by atoms with E-state index in [1.165, 1.54) is 23.1 Å². The maximum Gasteiger partial charge on any atom is 0.122 e. The van der Waals surface area contributed by atoms with Gasteiger partial charge in [-0.2, -0.15) is 0 Å². The fourth-order valence-corrected chi connectivity index (χ4v) is 3.36. The first kappa shape index (κ1) is 54.9. The second-order valence-corrected chi connectivity index (χ2v) is 10.7. The van der Waals surface area contributed by atoms with Gasteiger partial charge in [0.25, 0.3) is 0 Å². The molecule has 4 nitrogen and oxygen atoms in total. The van der Waals surface area contributed by atoms with E-state index in [1.807, 2.05) is 138 Å². The van der Waals surface area contributed by atoms with Crippen LogP contribution in [-0.4, -0.2) is 22.2 Å². The van der Waals surface area contributed by atoms with E-state index in [2.05, 4.69) is 80.1 Å². The maximum absolute atomic E-state index is 5.43. The van der Waals surface area contributed by atoms with E-state index in [0.717, 1.165) is 18.3 Å². The minimum absolute atomic E-state index is 0. The van der Waals surface area contributed by atoms with Crippen molar-refractivity contribution in [3.63, 3.8) is 0 Å². The Bertz CT molecular complexity index is 1040. The molecular weight excluding hydrogens is 601 g/mol. The lowest BCUT2D eigenvalue weighted by molar-refractivity contribution is 0.0657. The summed E-state index contributed by atoms with van der Waals surface area (Å²) in [5, 5.41) is 0. The fraction of sp³-hybridized carbons (Fsp3) is 0.511. The van der Waals surface area contributed by atoms with Gasteiger partial charge in [-0.25, -0.2) is 0 Å². The smallest absolute Gasteiger partial charge is 0.122 e.